The van der Waals surface area contributed by atoms with Gasteiger partial charge >= 0.3 is 0 Å². The van der Waals surface area contributed by atoms with Crippen molar-refractivity contribution in [2.45, 2.75) is 20.4 Å². The second kappa shape index (κ2) is 8.79. The normalized spacial score (nSPS) is 11.9. The van der Waals surface area contributed by atoms with E-state index in [0.29, 0.717) is 39.5 Å². The Kier molecular flexibility index (Phi) is 6.43. The average molecular weight is 424 g/mol. The predicted octanol–water partition coefficient (Wildman–Crippen LogP) is 4.15. The molecule has 0 atom stereocenters. The number of hydrogen-bond donors (Lipinski definition) is 1. The standard InChI is InChI=1S/C18H18ClN3O3S2/c1-3-25-9-8-22-13-5-4-12(20-11(2)23)10-15(13)27-18(22)21-17(24)14-6-7-16(19)26-14/h4-7,10H,3,8-9H2,1-2H3,(H,20,23). The molecule has 0 aliphatic heterocycles. The molecule has 9 heteroatoms. The van der Waals surface area contributed by atoms with Crippen molar-refractivity contribution < 1.29 is 14.3 Å². The van der Waals surface area contributed by atoms with Crippen molar-refractivity contribution in [1.82, 2.24) is 4.57 Å². The van der Waals surface area contributed by atoms with Gasteiger partial charge in [-0.05, 0) is 37.3 Å². The molecule has 0 saturated carbocycles. The number of carbonyl (C=O) groups excluding carboxylic acids is 2. The van der Waals surface area contributed by atoms with E-state index in [1.165, 1.54) is 29.6 Å². The zero-order valence-electron chi connectivity index (χ0n) is 14.8. The van der Waals surface area contributed by atoms with Gasteiger partial charge in [0.15, 0.2) is 4.80 Å². The van der Waals surface area contributed by atoms with Gasteiger partial charge in [0.25, 0.3) is 5.91 Å². The fourth-order valence-electron chi connectivity index (χ4n) is 2.53. The number of carbonyl (C=O) groups is 2. The molecule has 0 spiro atoms. The molecule has 3 rings (SSSR count). The summed E-state index contributed by atoms with van der Waals surface area (Å²) in [5, 5.41) is 2.77. The third-order valence-electron chi connectivity index (χ3n) is 3.65. The van der Waals surface area contributed by atoms with Crippen molar-refractivity contribution in [3.8, 4) is 0 Å². The topological polar surface area (TPSA) is 72.7 Å². The highest BCUT2D eigenvalue weighted by Crippen LogP contribution is 2.24. The number of rotatable bonds is 6. The molecule has 3 aromatic rings. The van der Waals surface area contributed by atoms with Gasteiger partial charge in [-0.25, -0.2) is 0 Å². The van der Waals surface area contributed by atoms with Crippen LogP contribution in [0, 0.1) is 0 Å². The van der Waals surface area contributed by atoms with Crippen LogP contribution in [0.4, 0.5) is 5.69 Å². The quantitative estimate of drug-likeness (QED) is 0.605. The molecule has 2 aromatic heterocycles. The maximum absolute atomic E-state index is 12.5. The van der Waals surface area contributed by atoms with Crippen LogP contribution in [0.5, 0.6) is 0 Å². The number of aromatic nitrogens is 1. The van der Waals surface area contributed by atoms with Gasteiger partial charge in [0.05, 0.1) is 26.0 Å². The Morgan fingerprint density at radius 1 is 1.26 bits per heavy atom. The fourth-order valence-corrected chi connectivity index (χ4v) is 4.55. The molecule has 2 amide bonds. The summed E-state index contributed by atoms with van der Waals surface area (Å²) in [6.45, 7) is 5.11. The summed E-state index contributed by atoms with van der Waals surface area (Å²) in [4.78, 5) is 29.2. The second-order valence-electron chi connectivity index (χ2n) is 5.62. The molecular weight excluding hydrogens is 406 g/mol. The lowest BCUT2D eigenvalue weighted by molar-refractivity contribution is -0.114. The van der Waals surface area contributed by atoms with E-state index in [1.54, 1.807) is 12.1 Å². The number of nitrogens with one attached hydrogen (secondary N) is 1. The van der Waals surface area contributed by atoms with Crippen molar-refractivity contribution in [2.75, 3.05) is 18.5 Å². The Labute approximate surface area is 169 Å². The molecular formula is C18H18ClN3O3S2. The predicted molar refractivity (Wildman–Crippen MR) is 110 cm³/mol. The number of nitrogens with zero attached hydrogens (tertiary/aromatic N) is 2. The summed E-state index contributed by atoms with van der Waals surface area (Å²) in [5.41, 5.74) is 1.64. The molecule has 0 unspecified atom stereocenters. The summed E-state index contributed by atoms with van der Waals surface area (Å²) >= 11 is 8.51. The number of thiophene rings is 1. The van der Waals surface area contributed by atoms with Crippen LogP contribution in [-0.4, -0.2) is 29.6 Å². The number of halogens is 1. The van der Waals surface area contributed by atoms with Gasteiger partial charge in [0, 0.05) is 25.8 Å². The van der Waals surface area contributed by atoms with E-state index < -0.39 is 0 Å². The van der Waals surface area contributed by atoms with Gasteiger partial charge < -0.3 is 14.6 Å². The van der Waals surface area contributed by atoms with Crippen LogP contribution in [0.25, 0.3) is 10.2 Å². The highest BCUT2D eigenvalue weighted by molar-refractivity contribution is 7.18. The summed E-state index contributed by atoms with van der Waals surface area (Å²) in [6.07, 6.45) is 0. The van der Waals surface area contributed by atoms with E-state index in [-0.39, 0.29) is 11.8 Å². The molecule has 0 radical (unpaired) electrons. The number of fused-ring (bicyclic) bond motifs is 1. The number of anilines is 1. The van der Waals surface area contributed by atoms with E-state index in [0.717, 1.165) is 10.2 Å². The van der Waals surface area contributed by atoms with E-state index in [1.807, 2.05) is 29.7 Å². The zero-order valence-corrected chi connectivity index (χ0v) is 17.2. The van der Waals surface area contributed by atoms with Crippen molar-refractivity contribution in [2.24, 2.45) is 4.99 Å². The monoisotopic (exact) mass is 423 g/mol. The zero-order chi connectivity index (χ0) is 19.4. The van der Waals surface area contributed by atoms with E-state index in [4.69, 9.17) is 16.3 Å². The van der Waals surface area contributed by atoms with Crippen LogP contribution >= 0.6 is 34.3 Å². The molecule has 142 valence electrons. The summed E-state index contributed by atoms with van der Waals surface area (Å²) in [5.74, 6) is -0.463. The number of hydrogen-bond acceptors (Lipinski definition) is 5. The molecule has 0 fully saturated rings. The van der Waals surface area contributed by atoms with Crippen molar-refractivity contribution in [3.63, 3.8) is 0 Å². The lowest BCUT2D eigenvalue weighted by atomic mass is 10.3. The molecule has 0 saturated heterocycles. The highest BCUT2D eigenvalue weighted by Gasteiger charge is 2.12. The Balaban J connectivity index is 2.05. The van der Waals surface area contributed by atoms with Crippen LogP contribution in [0.3, 0.4) is 0 Å². The Hall–Kier alpha value is -2.00. The smallest absolute Gasteiger partial charge is 0.289 e. The SMILES string of the molecule is CCOCCn1c(=NC(=O)c2ccc(Cl)s2)sc2cc(NC(C)=O)ccc21. The molecule has 6 nitrogen and oxygen atoms in total. The number of amides is 2. The molecule has 27 heavy (non-hydrogen) atoms. The second-order valence-corrected chi connectivity index (χ2v) is 8.34. The minimum absolute atomic E-state index is 0.134. The van der Waals surface area contributed by atoms with E-state index in [2.05, 4.69) is 10.3 Å². The summed E-state index contributed by atoms with van der Waals surface area (Å²) in [7, 11) is 0. The van der Waals surface area contributed by atoms with Gasteiger partial charge in [-0.15, -0.1) is 11.3 Å². The van der Waals surface area contributed by atoms with Crippen LogP contribution in [0.1, 0.15) is 23.5 Å². The third-order valence-corrected chi connectivity index (χ3v) is 5.91. The van der Waals surface area contributed by atoms with Crippen LogP contribution in [0.2, 0.25) is 4.34 Å². The minimum Gasteiger partial charge on any atom is -0.380 e. The maximum Gasteiger partial charge on any atom is 0.289 e. The average Bonchev–Trinajstić information content (AvgIpc) is 3.18. The Morgan fingerprint density at radius 2 is 2.07 bits per heavy atom. The highest BCUT2D eigenvalue weighted by atomic mass is 35.5. The summed E-state index contributed by atoms with van der Waals surface area (Å²) < 4.78 is 8.90. The van der Waals surface area contributed by atoms with Gasteiger partial charge in [-0.1, -0.05) is 22.9 Å². The molecule has 0 aliphatic rings. The third kappa shape index (κ3) is 4.84. The Bertz CT molecular complexity index is 1050. The molecule has 0 aliphatic carbocycles. The number of thiazole rings is 1. The van der Waals surface area contributed by atoms with Crippen LogP contribution in [-0.2, 0) is 16.1 Å². The van der Waals surface area contributed by atoms with Gasteiger partial charge in [-0.2, -0.15) is 4.99 Å². The fraction of sp³-hybridized carbons (Fsp3) is 0.278. The molecule has 0 bridgehead atoms. The Morgan fingerprint density at radius 3 is 2.74 bits per heavy atom. The first-order valence-corrected chi connectivity index (χ1v) is 10.3. The first kappa shape index (κ1) is 19.8. The van der Waals surface area contributed by atoms with E-state index in [9.17, 15) is 9.59 Å². The largest absolute Gasteiger partial charge is 0.380 e. The summed E-state index contributed by atoms with van der Waals surface area (Å²) in [6, 6.07) is 8.98. The lowest BCUT2D eigenvalue weighted by Crippen LogP contribution is -2.19. The minimum atomic E-state index is -0.328. The van der Waals surface area contributed by atoms with Crippen molar-refractivity contribution >= 4 is 62.0 Å². The van der Waals surface area contributed by atoms with Gasteiger partial charge in [-0.3, -0.25) is 9.59 Å². The molecule has 1 aromatic carbocycles. The van der Waals surface area contributed by atoms with Crippen LogP contribution in [0.15, 0.2) is 35.3 Å². The number of ether oxygens (including phenoxy) is 1. The maximum atomic E-state index is 12.5. The van der Waals surface area contributed by atoms with Gasteiger partial charge in [0.1, 0.15) is 0 Å². The first-order valence-electron chi connectivity index (χ1n) is 8.31. The van der Waals surface area contributed by atoms with E-state index >= 15 is 0 Å². The van der Waals surface area contributed by atoms with Crippen molar-refractivity contribution in [1.29, 1.82) is 0 Å². The molecule has 2 heterocycles. The van der Waals surface area contributed by atoms with Crippen LogP contribution < -0.4 is 10.1 Å². The van der Waals surface area contributed by atoms with Gasteiger partial charge in [0.2, 0.25) is 5.91 Å². The molecule has 1 N–H and O–H groups in total. The first-order chi connectivity index (χ1) is 13.0. The number of benzene rings is 1. The lowest BCUT2D eigenvalue weighted by Gasteiger charge is -2.06. The van der Waals surface area contributed by atoms with Crippen molar-refractivity contribution in [3.05, 3.63) is 44.3 Å².